The van der Waals surface area contributed by atoms with Crippen molar-refractivity contribution in [2.24, 2.45) is 5.92 Å². The number of nitrogens with one attached hydrogen (secondary N) is 1. The van der Waals surface area contributed by atoms with Crippen LogP contribution in [0.25, 0.3) is 0 Å². The minimum absolute atomic E-state index is 0.323. The van der Waals surface area contributed by atoms with E-state index >= 15 is 0 Å². The molecule has 2 N–H and O–H groups in total. The normalized spacial score (nSPS) is 40.5. The molecule has 1 aliphatic heterocycles. The zero-order valence-electron chi connectivity index (χ0n) is 6.21. The van der Waals surface area contributed by atoms with Gasteiger partial charge in [0.15, 0.2) is 0 Å². The SMILES string of the molecule is OCC1CCC(C2CC2)N1. The monoisotopic (exact) mass is 141 g/mol. The summed E-state index contributed by atoms with van der Waals surface area (Å²) in [5.74, 6) is 0.955. The summed E-state index contributed by atoms with van der Waals surface area (Å²) in [6, 6.07) is 1.16. The summed E-state index contributed by atoms with van der Waals surface area (Å²) in [6.07, 6.45) is 5.29. The molecule has 2 aliphatic rings. The van der Waals surface area contributed by atoms with E-state index in [1.54, 1.807) is 0 Å². The van der Waals surface area contributed by atoms with Crippen LogP contribution < -0.4 is 5.32 Å². The van der Waals surface area contributed by atoms with Crippen LogP contribution in [0, 0.1) is 5.92 Å². The average Bonchev–Trinajstić information content (AvgIpc) is 2.70. The van der Waals surface area contributed by atoms with Crippen molar-refractivity contribution in [3.8, 4) is 0 Å². The maximum atomic E-state index is 8.82. The Morgan fingerprint density at radius 2 is 2.00 bits per heavy atom. The summed E-state index contributed by atoms with van der Waals surface area (Å²) in [7, 11) is 0. The van der Waals surface area contributed by atoms with Crippen LogP contribution in [0.4, 0.5) is 0 Å². The minimum atomic E-state index is 0.323. The van der Waals surface area contributed by atoms with Crippen LogP contribution in [-0.4, -0.2) is 23.8 Å². The van der Waals surface area contributed by atoms with Gasteiger partial charge in [-0.15, -0.1) is 0 Å². The molecule has 2 nitrogen and oxygen atoms in total. The van der Waals surface area contributed by atoms with Crippen LogP contribution in [0.2, 0.25) is 0 Å². The van der Waals surface area contributed by atoms with Crippen LogP contribution in [0.1, 0.15) is 25.7 Å². The van der Waals surface area contributed by atoms with Crippen molar-refractivity contribution >= 4 is 0 Å². The first-order valence-corrected chi connectivity index (χ1v) is 4.27. The maximum Gasteiger partial charge on any atom is 0.0584 e. The van der Waals surface area contributed by atoms with Gasteiger partial charge in [-0.05, 0) is 31.6 Å². The van der Waals surface area contributed by atoms with Gasteiger partial charge < -0.3 is 10.4 Å². The van der Waals surface area contributed by atoms with Crippen LogP contribution in [0.15, 0.2) is 0 Å². The number of rotatable bonds is 2. The summed E-state index contributed by atoms with van der Waals surface area (Å²) in [4.78, 5) is 0. The van der Waals surface area contributed by atoms with Crippen molar-refractivity contribution in [3.63, 3.8) is 0 Å². The van der Waals surface area contributed by atoms with E-state index in [2.05, 4.69) is 5.32 Å². The molecule has 0 amide bonds. The van der Waals surface area contributed by atoms with Crippen LogP contribution in [-0.2, 0) is 0 Å². The number of hydrogen-bond donors (Lipinski definition) is 2. The molecular formula is C8H15NO. The van der Waals surface area contributed by atoms with Crippen molar-refractivity contribution in [2.45, 2.75) is 37.8 Å². The van der Waals surface area contributed by atoms with E-state index < -0.39 is 0 Å². The number of aliphatic hydroxyl groups excluding tert-OH is 1. The van der Waals surface area contributed by atoms with Gasteiger partial charge in [0.1, 0.15) is 0 Å². The predicted molar refractivity (Wildman–Crippen MR) is 39.8 cm³/mol. The van der Waals surface area contributed by atoms with E-state index in [-0.39, 0.29) is 0 Å². The van der Waals surface area contributed by atoms with Crippen molar-refractivity contribution in [1.82, 2.24) is 5.32 Å². The average molecular weight is 141 g/mol. The number of hydrogen-bond acceptors (Lipinski definition) is 2. The second-order valence-corrected chi connectivity index (χ2v) is 3.57. The smallest absolute Gasteiger partial charge is 0.0584 e. The summed E-state index contributed by atoms with van der Waals surface area (Å²) in [5.41, 5.74) is 0. The molecular weight excluding hydrogens is 126 g/mol. The van der Waals surface area contributed by atoms with Gasteiger partial charge in [0, 0.05) is 12.1 Å². The molecule has 1 saturated heterocycles. The molecule has 0 aromatic rings. The molecule has 1 heterocycles. The molecule has 10 heavy (non-hydrogen) atoms. The first-order valence-electron chi connectivity index (χ1n) is 4.27. The fourth-order valence-electron chi connectivity index (χ4n) is 1.86. The lowest BCUT2D eigenvalue weighted by atomic mass is 10.1. The molecule has 1 aliphatic carbocycles. The van der Waals surface area contributed by atoms with E-state index in [1.165, 1.54) is 25.7 Å². The molecule has 1 saturated carbocycles. The molecule has 2 heteroatoms. The van der Waals surface area contributed by atoms with Crippen molar-refractivity contribution < 1.29 is 5.11 Å². The Morgan fingerprint density at radius 1 is 1.20 bits per heavy atom. The lowest BCUT2D eigenvalue weighted by molar-refractivity contribution is 0.250. The molecule has 58 valence electrons. The summed E-state index contributed by atoms with van der Waals surface area (Å²) < 4.78 is 0. The third-order valence-corrected chi connectivity index (χ3v) is 2.69. The number of aliphatic hydroxyl groups is 1. The highest BCUT2D eigenvalue weighted by atomic mass is 16.3. The van der Waals surface area contributed by atoms with E-state index in [4.69, 9.17) is 5.11 Å². The van der Waals surface area contributed by atoms with Crippen molar-refractivity contribution in [2.75, 3.05) is 6.61 Å². The molecule has 0 aromatic carbocycles. The quantitative estimate of drug-likeness (QED) is 0.587. The van der Waals surface area contributed by atoms with Crippen LogP contribution >= 0.6 is 0 Å². The zero-order chi connectivity index (χ0) is 6.97. The molecule has 0 spiro atoms. The first kappa shape index (κ1) is 6.62. The predicted octanol–water partition coefficient (Wildman–Crippen LogP) is 0.509. The van der Waals surface area contributed by atoms with Crippen molar-refractivity contribution in [1.29, 1.82) is 0 Å². The fourth-order valence-corrected chi connectivity index (χ4v) is 1.86. The lowest BCUT2D eigenvalue weighted by Crippen LogP contribution is -2.32. The zero-order valence-corrected chi connectivity index (χ0v) is 6.21. The standard InChI is InChI=1S/C8H15NO/c10-5-7-3-4-8(9-7)6-1-2-6/h6-10H,1-5H2. The fraction of sp³-hybridized carbons (Fsp3) is 1.00. The molecule has 0 aromatic heterocycles. The summed E-state index contributed by atoms with van der Waals surface area (Å²) in [5, 5.41) is 12.3. The molecule has 2 unspecified atom stereocenters. The van der Waals surface area contributed by atoms with Gasteiger partial charge in [0.2, 0.25) is 0 Å². The van der Waals surface area contributed by atoms with E-state index in [0.717, 1.165) is 12.0 Å². The second kappa shape index (κ2) is 2.51. The molecule has 2 fully saturated rings. The Labute approximate surface area is 61.6 Å². The largest absolute Gasteiger partial charge is 0.395 e. The van der Waals surface area contributed by atoms with E-state index in [9.17, 15) is 0 Å². The summed E-state index contributed by atoms with van der Waals surface area (Å²) in [6.45, 7) is 0.323. The molecule has 0 bridgehead atoms. The van der Waals surface area contributed by atoms with Gasteiger partial charge in [-0.25, -0.2) is 0 Å². The highest BCUT2D eigenvalue weighted by Gasteiger charge is 2.35. The topological polar surface area (TPSA) is 32.3 Å². The minimum Gasteiger partial charge on any atom is -0.395 e. The lowest BCUT2D eigenvalue weighted by Gasteiger charge is -2.10. The highest BCUT2D eigenvalue weighted by Crippen LogP contribution is 2.36. The van der Waals surface area contributed by atoms with Gasteiger partial charge >= 0.3 is 0 Å². The van der Waals surface area contributed by atoms with Crippen molar-refractivity contribution in [3.05, 3.63) is 0 Å². The maximum absolute atomic E-state index is 8.82. The Kier molecular flexibility index (Phi) is 1.66. The molecule has 2 rings (SSSR count). The Balaban J connectivity index is 1.81. The summed E-state index contributed by atoms with van der Waals surface area (Å²) >= 11 is 0. The second-order valence-electron chi connectivity index (χ2n) is 3.57. The third kappa shape index (κ3) is 1.18. The Hall–Kier alpha value is -0.0800. The van der Waals surface area contributed by atoms with E-state index in [0.29, 0.717) is 12.6 Å². The first-order chi connectivity index (χ1) is 4.90. The van der Waals surface area contributed by atoms with Crippen LogP contribution in [0.3, 0.4) is 0 Å². The van der Waals surface area contributed by atoms with Gasteiger partial charge in [-0.1, -0.05) is 0 Å². The van der Waals surface area contributed by atoms with Gasteiger partial charge in [0.05, 0.1) is 6.61 Å². The molecule has 2 atom stereocenters. The van der Waals surface area contributed by atoms with Gasteiger partial charge in [0.25, 0.3) is 0 Å². The highest BCUT2D eigenvalue weighted by molar-refractivity contribution is 4.93. The molecule has 0 radical (unpaired) electrons. The van der Waals surface area contributed by atoms with E-state index in [1.807, 2.05) is 0 Å². The van der Waals surface area contributed by atoms with Gasteiger partial charge in [-0.3, -0.25) is 0 Å². The van der Waals surface area contributed by atoms with Gasteiger partial charge in [-0.2, -0.15) is 0 Å². The van der Waals surface area contributed by atoms with Crippen LogP contribution in [0.5, 0.6) is 0 Å². The Morgan fingerprint density at radius 3 is 2.50 bits per heavy atom. The third-order valence-electron chi connectivity index (χ3n) is 2.69. The Bertz CT molecular complexity index is 122.